The fraction of sp³-hybridized carbons (Fsp3) is 0.600. The first-order chi connectivity index (χ1) is 15.8. The molecule has 8 N–H and O–H groups in total. The number of ether oxygens (including phenoxy) is 1. The standard InChI is InChI=1S/C15H24N6O11P2/c1-2-3-17-9(22)4-7-8(5-30-34(28,29)32-33(25,26)27)31-14(11(7)23)21-6-18-10-12(21)19-15(16)20-13(10)24/h6-8,11,14,23H,2-5H2,1H3,(H,17,22)(H,28,29)(H2,25,26,27)(H3,16,19,20,24)/t7-,8-,11-,14-/m1/s1. The maximum atomic E-state index is 12.3. The number of nitrogens with zero attached hydrogens (tertiary/aromatic N) is 3. The van der Waals surface area contributed by atoms with Gasteiger partial charge >= 0.3 is 15.6 Å². The molecule has 1 saturated heterocycles. The van der Waals surface area contributed by atoms with Gasteiger partial charge in [0.05, 0.1) is 19.0 Å². The molecule has 0 aliphatic carbocycles. The molecule has 2 aromatic heterocycles. The summed E-state index contributed by atoms with van der Waals surface area (Å²) in [6.07, 6.45) is -2.38. The molecule has 0 aromatic carbocycles. The Morgan fingerprint density at radius 2 is 2.09 bits per heavy atom. The first-order valence-electron chi connectivity index (χ1n) is 9.88. The molecular weight excluding hydrogens is 502 g/mol. The van der Waals surface area contributed by atoms with Crippen LogP contribution >= 0.6 is 15.6 Å². The van der Waals surface area contributed by atoms with E-state index < -0.39 is 58.1 Å². The number of fused-ring (bicyclic) bond motifs is 1. The average Bonchev–Trinajstić information content (AvgIpc) is 3.25. The number of carbonyl (C=O) groups is 1. The third-order valence-electron chi connectivity index (χ3n) is 4.85. The topological polar surface area (TPSA) is 261 Å². The van der Waals surface area contributed by atoms with E-state index in [9.17, 15) is 28.7 Å². The van der Waals surface area contributed by atoms with E-state index >= 15 is 0 Å². The molecule has 19 heteroatoms. The molecule has 34 heavy (non-hydrogen) atoms. The summed E-state index contributed by atoms with van der Waals surface area (Å²) in [5.41, 5.74) is 4.81. The Morgan fingerprint density at radius 1 is 1.38 bits per heavy atom. The van der Waals surface area contributed by atoms with Gasteiger partial charge in [-0.05, 0) is 6.42 Å². The number of aliphatic hydroxyl groups excluding tert-OH is 1. The number of nitrogens with two attached hydrogens (primary N) is 1. The third kappa shape index (κ3) is 6.27. The number of nitrogen functional groups attached to an aromatic ring is 1. The van der Waals surface area contributed by atoms with E-state index in [0.717, 1.165) is 6.33 Å². The minimum Gasteiger partial charge on any atom is -0.388 e. The van der Waals surface area contributed by atoms with Gasteiger partial charge in [-0.25, -0.2) is 14.1 Å². The number of imidazole rings is 1. The Bertz CT molecular complexity index is 1200. The summed E-state index contributed by atoms with van der Waals surface area (Å²) >= 11 is 0. The molecule has 1 aliphatic rings. The second-order valence-electron chi connectivity index (χ2n) is 7.39. The molecule has 1 unspecified atom stereocenters. The van der Waals surface area contributed by atoms with E-state index in [1.54, 1.807) is 0 Å². The van der Waals surface area contributed by atoms with E-state index in [2.05, 4.69) is 29.1 Å². The quantitative estimate of drug-likeness (QED) is 0.178. The van der Waals surface area contributed by atoms with Crippen molar-refractivity contribution >= 4 is 38.7 Å². The number of phosphoric acid groups is 2. The number of nitrogens with one attached hydrogen (secondary N) is 2. The fourth-order valence-corrected chi connectivity index (χ4v) is 5.04. The van der Waals surface area contributed by atoms with Crippen molar-refractivity contribution in [2.24, 2.45) is 5.92 Å². The molecule has 0 saturated carbocycles. The number of rotatable bonds is 10. The van der Waals surface area contributed by atoms with Gasteiger partial charge in [-0.15, -0.1) is 0 Å². The molecular formula is C15H24N6O11P2. The van der Waals surface area contributed by atoms with Crippen LogP contribution in [-0.4, -0.2) is 70.6 Å². The van der Waals surface area contributed by atoms with Crippen LogP contribution in [0.3, 0.4) is 0 Å². The zero-order chi connectivity index (χ0) is 25.3. The van der Waals surface area contributed by atoms with Crippen molar-refractivity contribution in [3.63, 3.8) is 0 Å². The molecule has 3 rings (SSSR count). The van der Waals surface area contributed by atoms with Crippen molar-refractivity contribution in [2.75, 3.05) is 18.9 Å². The van der Waals surface area contributed by atoms with Gasteiger partial charge in [-0.3, -0.25) is 23.7 Å². The first-order valence-corrected chi connectivity index (χ1v) is 12.9. The van der Waals surface area contributed by atoms with Crippen LogP contribution in [0.1, 0.15) is 26.0 Å². The number of hydrogen-bond donors (Lipinski definition) is 7. The lowest BCUT2D eigenvalue weighted by atomic mass is 9.94. The highest BCUT2D eigenvalue weighted by molar-refractivity contribution is 7.60. The highest BCUT2D eigenvalue weighted by Crippen LogP contribution is 2.58. The molecule has 0 radical (unpaired) electrons. The van der Waals surface area contributed by atoms with E-state index in [-0.39, 0.29) is 23.5 Å². The van der Waals surface area contributed by atoms with Crippen molar-refractivity contribution in [3.8, 4) is 0 Å². The first kappa shape index (κ1) is 26.4. The number of amides is 1. The lowest BCUT2D eigenvalue weighted by Crippen LogP contribution is -2.35. The summed E-state index contributed by atoms with van der Waals surface area (Å²) in [6.45, 7) is 1.42. The molecule has 17 nitrogen and oxygen atoms in total. The lowest BCUT2D eigenvalue weighted by Gasteiger charge is -2.20. The Balaban J connectivity index is 1.87. The van der Waals surface area contributed by atoms with Gasteiger partial charge in [0.25, 0.3) is 5.56 Å². The number of hydrogen-bond acceptors (Lipinski definition) is 11. The monoisotopic (exact) mass is 526 g/mol. The fourth-order valence-electron chi connectivity index (χ4n) is 3.44. The molecule has 1 fully saturated rings. The highest BCUT2D eigenvalue weighted by Gasteiger charge is 2.47. The predicted molar refractivity (Wildman–Crippen MR) is 113 cm³/mol. The zero-order valence-electron chi connectivity index (χ0n) is 17.7. The lowest BCUT2D eigenvalue weighted by molar-refractivity contribution is -0.123. The van der Waals surface area contributed by atoms with Gasteiger partial charge < -0.3 is 35.6 Å². The predicted octanol–water partition coefficient (Wildman–Crippen LogP) is -1.28. The zero-order valence-corrected chi connectivity index (χ0v) is 19.5. The SMILES string of the molecule is CCCNC(=O)C[C@H]1[C@@H](O)[C@H](n2cnc3c(=O)[nH]c(N)nc32)O[C@@H]1COP(=O)(O)OP(=O)(O)O. The normalized spacial score (nSPS) is 24.9. The number of aliphatic hydroxyl groups is 1. The van der Waals surface area contributed by atoms with Crippen LogP contribution in [0, 0.1) is 5.92 Å². The van der Waals surface area contributed by atoms with Crippen molar-refractivity contribution in [1.29, 1.82) is 0 Å². The molecule has 1 amide bonds. The third-order valence-corrected chi connectivity index (χ3v) is 7.00. The Kier molecular flexibility index (Phi) is 7.92. The summed E-state index contributed by atoms with van der Waals surface area (Å²) in [6, 6.07) is 0. The minimum atomic E-state index is -5.36. The van der Waals surface area contributed by atoms with Gasteiger partial charge in [-0.1, -0.05) is 6.92 Å². The van der Waals surface area contributed by atoms with Gasteiger partial charge in [0.2, 0.25) is 11.9 Å². The number of anilines is 1. The van der Waals surface area contributed by atoms with Crippen molar-refractivity contribution in [2.45, 2.75) is 38.2 Å². The van der Waals surface area contributed by atoms with Gasteiger partial charge in [-0.2, -0.15) is 9.29 Å². The van der Waals surface area contributed by atoms with E-state index in [0.29, 0.717) is 13.0 Å². The Morgan fingerprint density at radius 3 is 2.74 bits per heavy atom. The van der Waals surface area contributed by atoms with Gasteiger partial charge in [0.1, 0.15) is 6.10 Å². The molecule has 0 bridgehead atoms. The van der Waals surface area contributed by atoms with E-state index in [1.165, 1.54) is 4.57 Å². The molecule has 190 valence electrons. The number of carbonyl (C=O) groups excluding carboxylic acids is 1. The summed E-state index contributed by atoms with van der Waals surface area (Å²) in [7, 11) is -10.6. The Labute approximate surface area is 191 Å². The van der Waals surface area contributed by atoms with Crippen molar-refractivity contribution in [3.05, 3.63) is 16.7 Å². The summed E-state index contributed by atoms with van der Waals surface area (Å²) in [5, 5.41) is 13.6. The number of H-pyrrole nitrogens is 1. The molecule has 2 aromatic rings. The molecule has 1 aliphatic heterocycles. The van der Waals surface area contributed by atoms with E-state index in [1.807, 2.05) is 6.92 Å². The van der Waals surface area contributed by atoms with Gasteiger partial charge in [0, 0.05) is 18.9 Å². The maximum absolute atomic E-state index is 12.3. The van der Waals surface area contributed by atoms with Gasteiger partial charge in [0.15, 0.2) is 17.4 Å². The number of phosphoric ester groups is 1. The molecule has 5 atom stereocenters. The minimum absolute atomic E-state index is 0.0290. The molecule has 3 heterocycles. The summed E-state index contributed by atoms with van der Waals surface area (Å²) in [5.74, 6) is -1.68. The second-order valence-corrected chi connectivity index (χ2v) is 10.2. The van der Waals surface area contributed by atoms with Crippen molar-refractivity contribution < 1.29 is 47.3 Å². The van der Waals surface area contributed by atoms with Crippen LogP contribution in [0.4, 0.5) is 5.95 Å². The maximum Gasteiger partial charge on any atom is 0.481 e. The van der Waals surface area contributed by atoms with Crippen LogP contribution in [0.5, 0.6) is 0 Å². The van der Waals surface area contributed by atoms with Crippen LogP contribution in [-0.2, 0) is 27.5 Å². The molecule has 0 spiro atoms. The Hall–Kier alpha value is -2.20. The second kappa shape index (κ2) is 10.2. The highest BCUT2D eigenvalue weighted by atomic mass is 31.3. The van der Waals surface area contributed by atoms with Crippen molar-refractivity contribution in [1.82, 2.24) is 24.8 Å². The smallest absolute Gasteiger partial charge is 0.388 e. The largest absolute Gasteiger partial charge is 0.481 e. The number of aromatic amines is 1. The van der Waals surface area contributed by atoms with Crippen LogP contribution in [0.2, 0.25) is 0 Å². The summed E-state index contributed by atoms with van der Waals surface area (Å²) in [4.78, 5) is 61.6. The van der Waals surface area contributed by atoms with Crippen LogP contribution in [0.15, 0.2) is 11.1 Å². The summed E-state index contributed by atoms with van der Waals surface area (Å²) < 4.78 is 38.0. The van der Waals surface area contributed by atoms with E-state index in [4.69, 9.17) is 20.3 Å². The number of aromatic nitrogens is 4. The van der Waals surface area contributed by atoms with Crippen LogP contribution < -0.4 is 16.6 Å². The van der Waals surface area contributed by atoms with Crippen LogP contribution in [0.25, 0.3) is 11.2 Å². The average molecular weight is 526 g/mol.